The topological polar surface area (TPSA) is 96.0 Å². The number of carbonyl (C=O) groups excluding carboxylic acids is 2. The molecule has 0 saturated carbocycles. The van der Waals surface area contributed by atoms with Crippen LogP contribution in [0.4, 0.5) is 0 Å². The number of nitrogens with zero attached hydrogens (tertiary/aromatic N) is 2. The van der Waals surface area contributed by atoms with Gasteiger partial charge in [-0.15, -0.1) is 0 Å². The van der Waals surface area contributed by atoms with Crippen LogP contribution in [0.3, 0.4) is 0 Å². The van der Waals surface area contributed by atoms with Gasteiger partial charge in [0, 0.05) is 33.2 Å². The number of benzene rings is 2. The lowest BCUT2D eigenvalue weighted by atomic mass is 10.1. The number of amides is 2. The van der Waals surface area contributed by atoms with E-state index in [9.17, 15) is 18.0 Å². The number of likely N-dealkylation sites (N-methyl/N-ethyl adjacent to an activating group) is 1. The van der Waals surface area contributed by atoms with Gasteiger partial charge in [-0.3, -0.25) is 9.59 Å². The molecule has 1 heterocycles. The summed E-state index contributed by atoms with van der Waals surface area (Å²) in [5.74, 6) is -0.181. The summed E-state index contributed by atoms with van der Waals surface area (Å²) in [5, 5.41) is 2.97. The molecule has 2 aromatic carbocycles. The lowest BCUT2D eigenvalue weighted by Gasteiger charge is -2.31. The van der Waals surface area contributed by atoms with E-state index in [1.165, 1.54) is 9.21 Å². The Hall–Kier alpha value is -2.91. The van der Waals surface area contributed by atoms with E-state index in [0.29, 0.717) is 37.2 Å². The molecule has 32 heavy (non-hydrogen) atoms. The molecule has 8 nitrogen and oxygen atoms in total. The number of hydrogen-bond acceptors (Lipinski definition) is 5. The zero-order valence-corrected chi connectivity index (χ0v) is 19.4. The SMILES string of the molecule is Cc1ccc(S(=O)(=O)N2CCC(NC(=O)c3ccccc3OCC(=O)N(C)C)CC2)cc1. The molecule has 1 N–H and O–H groups in total. The molecular weight excluding hydrogens is 430 g/mol. The molecule has 0 radical (unpaired) electrons. The summed E-state index contributed by atoms with van der Waals surface area (Å²) in [6.07, 6.45) is 1.03. The van der Waals surface area contributed by atoms with E-state index in [-0.39, 0.29) is 29.4 Å². The largest absolute Gasteiger partial charge is 0.483 e. The van der Waals surface area contributed by atoms with Gasteiger partial charge in [-0.05, 0) is 44.0 Å². The van der Waals surface area contributed by atoms with Crippen molar-refractivity contribution >= 4 is 21.8 Å². The summed E-state index contributed by atoms with van der Waals surface area (Å²) in [6.45, 7) is 2.41. The predicted octanol–water partition coefficient (Wildman–Crippen LogP) is 2.05. The van der Waals surface area contributed by atoms with Crippen LogP contribution in [0.25, 0.3) is 0 Å². The van der Waals surface area contributed by atoms with Gasteiger partial charge in [0.2, 0.25) is 10.0 Å². The van der Waals surface area contributed by atoms with E-state index < -0.39 is 10.0 Å². The molecule has 2 amide bonds. The average molecular weight is 460 g/mol. The maximum absolute atomic E-state index is 12.9. The maximum Gasteiger partial charge on any atom is 0.259 e. The number of ether oxygens (including phenoxy) is 1. The Bertz CT molecular complexity index is 1060. The molecule has 1 saturated heterocycles. The Morgan fingerprint density at radius 2 is 1.69 bits per heavy atom. The van der Waals surface area contributed by atoms with Gasteiger partial charge in [0.25, 0.3) is 11.8 Å². The normalized spacial score (nSPS) is 15.2. The van der Waals surface area contributed by atoms with Gasteiger partial charge in [-0.2, -0.15) is 4.31 Å². The van der Waals surface area contributed by atoms with Crippen molar-refractivity contribution in [3.63, 3.8) is 0 Å². The third kappa shape index (κ3) is 5.66. The molecule has 1 fully saturated rings. The van der Waals surface area contributed by atoms with Gasteiger partial charge < -0.3 is 15.0 Å². The summed E-state index contributed by atoms with van der Waals surface area (Å²) in [4.78, 5) is 26.3. The Kier molecular flexibility index (Phi) is 7.52. The summed E-state index contributed by atoms with van der Waals surface area (Å²) < 4.78 is 32.7. The highest BCUT2D eigenvalue weighted by Crippen LogP contribution is 2.23. The summed E-state index contributed by atoms with van der Waals surface area (Å²) >= 11 is 0. The number of sulfonamides is 1. The first-order valence-electron chi connectivity index (χ1n) is 10.5. The van der Waals surface area contributed by atoms with Crippen LogP contribution >= 0.6 is 0 Å². The average Bonchev–Trinajstić information content (AvgIpc) is 2.78. The van der Waals surface area contributed by atoms with E-state index >= 15 is 0 Å². The first-order chi connectivity index (χ1) is 15.2. The Morgan fingerprint density at radius 1 is 1.06 bits per heavy atom. The standard InChI is InChI=1S/C23H29N3O5S/c1-17-8-10-19(11-9-17)32(29,30)26-14-12-18(13-15-26)24-23(28)20-6-4-5-7-21(20)31-16-22(27)25(2)3/h4-11,18H,12-16H2,1-3H3,(H,24,28). The highest BCUT2D eigenvalue weighted by atomic mass is 32.2. The first kappa shape index (κ1) is 23.7. The van der Waals surface area contributed by atoms with E-state index in [2.05, 4.69) is 5.32 Å². The van der Waals surface area contributed by atoms with Crippen molar-refractivity contribution in [1.82, 2.24) is 14.5 Å². The number of aryl methyl sites for hydroxylation is 1. The molecule has 2 aromatic rings. The van der Waals surface area contributed by atoms with Crippen LogP contribution in [0.2, 0.25) is 0 Å². The Morgan fingerprint density at radius 3 is 2.31 bits per heavy atom. The fourth-order valence-corrected chi connectivity index (χ4v) is 4.88. The minimum absolute atomic E-state index is 0.150. The molecule has 3 rings (SSSR count). The van der Waals surface area contributed by atoms with Gasteiger partial charge in [0.05, 0.1) is 10.5 Å². The van der Waals surface area contributed by atoms with Crippen molar-refractivity contribution in [2.45, 2.75) is 30.7 Å². The molecule has 172 valence electrons. The minimum Gasteiger partial charge on any atom is -0.483 e. The number of piperidine rings is 1. The molecule has 0 aliphatic carbocycles. The van der Waals surface area contributed by atoms with Gasteiger partial charge in [-0.25, -0.2) is 8.42 Å². The van der Waals surface area contributed by atoms with Crippen molar-refractivity contribution in [2.24, 2.45) is 0 Å². The molecule has 0 atom stereocenters. The van der Waals surface area contributed by atoms with Crippen molar-refractivity contribution < 1.29 is 22.7 Å². The van der Waals surface area contributed by atoms with E-state index in [4.69, 9.17) is 4.74 Å². The number of hydrogen-bond donors (Lipinski definition) is 1. The Labute approximate surface area is 189 Å². The lowest BCUT2D eigenvalue weighted by Crippen LogP contribution is -2.46. The number of carbonyl (C=O) groups is 2. The molecule has 0 aromatic heterocycles. The molecule has 0 bridgehead atoms. The third-order valence-electron chi connectivity index (χ3n) is 5.43. The van der Waals surface area contributed by atoms with Crippen molar-refractivity contribution in [2.75, 3.05) is 33.8 Å². The minimum atomic E-state index is -3.55. The molecule has 1 aliphatic rings. The van der Waals surface area contributed by atoms with Crippen LogP contribution in [-0.2, 0) is 14.8 Å². The van der Waals surface area contributed by atoms with Crippen molar-refractivity contribution in [3.8, 4) is 5.75 Å². The number of rotatable bonds is 7. The second-order valence-electron chi connectivity index (χ2n) is 8.04. The zero-order valence-electron chi connectivity index (χ0n) is 18.6. The molecule has 9 heteroatoms. The number of para-hydroxylation sites is 1. The van der Waals surface area contributed by atoms with Gasteiger partial charge in [0.15, 0.2) is 6.61 Å². The summed E-state index contributed by atoms with van der Waals surface area (Å²) in [5.41, 5.74) is 1.34. The maximum atomic E-state index is 12.9. The molecule has 0 unspecified atom stereocenters. The van der Waals surface area contributed by atoms with Crippen LogP contribution < -0.4 is 10.1 Å². The smallest absolute Gasteiger partial charge is 0.259 e. The van der Waals surface area contributed by atoms with Crippen LogP contribution in [0, 0.1) is 6.92 Å². The highest BCUT2D eigenvalue weighted by molar-refractivity contribution is 7.89. The second-order valence-corrected chi connectivity index (χ2v) is 9.98. The third-order valence-corrected chi connectivity index (χ3v) is 7.34. The van der Waals surface area contributed by atoms with Crippen LogP contribution in [0.1, 0.15) is 28.8 Å². The van der Waals surface area contributed by atoms with E-state index in [1.807, 2.05) is 6.92 Å². The first-order valence-corrected chi connectivity index (χ1v) is 11.9. The summed E-state index contributed by atoms with van der Waals surface area (Å²) in [7, 11) is -0.278. The molecule has 0 spiro atoms. The Balaban J connectivity index is 1.59. The molecular formula is C23H29N3O5S. The number of nitrogens with one attached hydrogen (secondary N) is 1. The van der Waals surface area contributed by atoms with Crippen LogP contribution in [0.15, 0.2) is 53.4 Å². The predicted molar refractivity (Wildman–Crippen MR) is 121 cm³/mol. The lowest BCUT2D eigenvalue weighted by molar-refractivity contribution is -0.130. The second kappa shape index (κ2) is 10.1. The molecule has 1 aliphatic heterocycles. The van der Waals surface area contributed by atoms with Gasteiger partial charge in [-0.1, -0.05) is 29.8 Å². The van der Waals surface area contributed by atoms with Crippen molar-refractivity contribution in [3.05, 3.63) is 59.7 Å². The van der Waals surface area contributed by atoms with Crippen LogP contribution in [-0.4, -0.2) is 69.3 Å². The zero-order chi connectivity index (χ0) is 23.3. The van der Waals surface area contributed by atoms with E-state index in [0.717, 1.165) is 5.56 Å². The van der Waals surface area contributed by atoms with E-state index in [1.54, 1.807) is 62.6 Å². The van der Waals surface area contributed by atoms with Gasteiger partial charge in [0.1, 0.15) is 5.75 Å². The fraction of sp³-hybridized carbons (Fsp3) is 0.391. The fourth-order valence-electron chi connectivity index (χ4n) is 3.41. The summed E-state index contributed by atoms with van der Waals surface area (Å²) in [6, 6.07) is 13.4. The van der Waals surface area contributed by atoms with Crippen LogP contribution in [0.5, 0.6) is 5.75 Å². The highest BCUT2D eigenvalue weighted by Gasteiger charge is 2.30. The van der Waals surface area contributed by atoms with Crippen molar-refractivity contribution in [1.29, 1.82) is 0 Å². The quantitative estimate of drug-likeness (QED) is 0.684. The van der Waals surface area contributed by atoms with Gasteiger partial charge >= 0.3 is 0 Å². The monoisotopic (exact) mass is 459 g/mol.